The van der Waals surface area contributed by atoms with Gasteiger partial charge in [-0.05, 0) is 19.4 Å². The molecule has 6 nitrogen and oxygen atoms in total. The topological polar surface area (TPSA) is 53.5 Å². The average Bonchev–Trinajstić information content (AvgIpc) is 3.08. The van der Waals surface area contributed by atoms with Crippen LogP contribution in [0.4, 0.5) is 0 Å². The van der Waals surface area contributed by atoms with E-state index >= 15 is 0 Å². The first kappa shape index (κ1) is 14.1. The molecular weight excluding hydrogens is 288 g/mol. The molecule has 0 radical (unpaired) electrons. The maximum absolute atomic E-state index is 6.33. The highest BCUT2D eigenvalue weighted by Crippen LogP contribution is 2.27. The number of aryl methyl sites for hydroxylation is 3. The summed E-state index contributed by atoms with van der Waals surface area (Å²) in [5.74, 6) is 0.871. The summed E-state index contributed by atoms with van der Waals surface area (Å²) in [5.41, 5.74) is 4.07. The first-order valence-corrected chi connectivity index (χ1v) is 7.49. The smallest absolute Gasteiger partial charge is 0.159 e. The Bertz CT molecular complexity index is 779. The van der Waals surface area contributed by atoms with Gasteiger partial charge in [-0.2, -0.15) is 10.2 Å². The predicted molar refractivity (Wildman–Crippen MR) is 82.5 cm³/mol. The molecule has 0 aliphatic carbocycles. The Morgan fingerprint density at radius 2 is 2.05 bits per heavy atom. The number of hydrogen-bond acceptors (Lipinski definition) is 3. The van der Waals surface area contributed by atoms with Crippen LogP contribution in [-0.2, 0) is 27.1 Å². The second-order valence-corrected chi connectivity index (χ2v) is 5.87. The normalized spacial score (nSPS) is 13.2. The molecule has 1 atom stereocenters. The summed E-state index contributed by atoms with van der Waals surface area (Å²) in [6.07, 6.45) is 2.66. The number of nitrogens with zero attached hydrogens (tertiary/aromatic N) is 6. The van der Waals surface area contributed by atoms with Crippen molar-refractivity contribution in [1.82, 2.24) is 29.1 Å². The van der Waals surface area contributed by atoms with E-state index in [-0.39, 0.29) is 5.38 Å². The lowest BCUT2D eigenvalue weighted by atomic mass is 10.3. The van der Waals surface area contributed by atoms with Crippen molar-refractivity contribution in [1.29, 1.82) is 0 Å². The van der Waals surface area contributed by atoms with Crippen LogP contribution in [0.5, 0.6) is 0 Å². The summed E-state index contributed by atoms with van der Waals surface area (Å²) in [6, 6.07) is 2.01. The fourth-order valence-corrected chi connectivity index (χ4v) is 2.84. The van der Waals surface area contributed by atoms with Gasteiger partial charge in [0.15, 0.2) is 5.65 Å². The van der Waals surface area contributed by atoms with Crippen LogP contribution >= 0.6 is 11.6 Å². The average molecular weight is 307 g/mol. The van der Waals surface area contributed by atoms with E-state index < -0.39 is 0 Å². The second kappa shape index (κ2) is 5.18. The van der Waals surface area contributed by atoms with Gasteiger partial charge in [-0.1, -0.05) is 6.92 Å². The molecule has 1 unspecified atom stereocenters. The molecule has 0 aliphatic heterocycles. The minimum atomic E-state index is -0.157. The molecule has 3 aromatic heterocycles. The Kier molecular flexibility index (Phi) is 3.49. The van der Waals surface area contributed by atoms with E-state index in [4.69, 9.17) is 16.6 Å². The molecule has 21 heavy (non-hydrogen) atoms. The van der Waals surface area contributed by atoms with Gasteiger partial charge in [0, 0.05) is 20.3 Å². The van der Waals surface area contributed by atoms with Crippen molar-refractivity contribution in [2.24, 2.45) is 14.1 Å². The molecule has 112 valence electrons. The Balaban J connectivity index is 2.21. The lowest BCUT2D eigenvalue weighted by Crippen LogP contribution is -2.11. The number of imidazole rings is 1. The minimum absolute atomic E-state index is 0.157. The Labute approximate surface area is 128 Å². The molecular formula is C14H19ClN6. The van der Waals surface area contributed by atoms with Gasteiger partial charge in [-0.25, -0.2) is 4.98 Å². The van der Waals surface area contributed by atoms with Gasteiger partial charge in [0.1, 0.15) is 11.3 Å². The van der Waals surface area contributed by atoms with E-state index in [2.05, 4.69) is 21.7 Å². The molecule has 0 N–H and O–H groups in total. The number of rotatable bonds is 4. The molecule has 0 aromatic carbocycles. The number of hydrogen-bond donors (Lipinski definition) is 0. The Hall–Kier alpha value is -1.82. The van der Waals surface area contributed by atoms with Crippen LogP contribution in [0.15, 0.2) is 12.3 Å². The minimum Gasteiger partial charge on any atom is -0.306 e. The number of aromatic nitrogens is 6. The zero-order chi connectivity index (χ0) is 15.1. The van der Waals surface area contributed by atoms with E-state index in [1.165, 1.54) is 0 Å². The van der Waals surface area contributed by atoms with Crippen LogP contribution in [0.3, 0.4) is 0 Å². The summed E-state index contributed by atoms with van der Waals surface area (Å²) in [7, 11) is 3.89. The van der Waals surface area contributed by atoms with Crippen molar-refractivity contribution in [2.45, 2.75) is 32.2 Å². The van der Waals surface area contributed by atoms with Crippen molar-refractivity contribution in [2.75, 3.05) is 0 Å². The van der Waals surface area contributed by atoms with E-state index in [0.29, 0.717) is 6.54 Å². The predicted octanol–water partition coefficient (Wildman–Crippen LogP) is 2.41. The Morgan fingerprint density at radius 1 is 1.29 bits per heavy atom. The van der Waals surface area contributed by atoms with Gasteiger partial charge in [-0.3, -0.25) is 9.36 Å². The van der Waals surface area contributed by atoms with Crippen LogP contribution in [0.25, 0.3) is 11.2 Å². The molecule has 3 aromatic rings. The lowest BCUT2D eigenvalue weighted by Gasteiger charge is -2.11. The lowest BCUT2D eigenvalue weighted by molar-refractivity contribution is 0.634. The molecule has 0 bridgehead atoms. The van der Waals surface area contributed by atoms with Crippen molar-refractivity contribution in [3.63, 3.8) is 0 Å². The largest absolute Gasteiger partial charge is 0.306 e. The maximum Gasteiger partial charge on any atom is 0.159 e. The van der Waals surface area contributed by atoms with Gasteiger partial charge < -0.3 is 4.57 Å². The summed E-state index contributed by atoms with van der Waals surface area (Å²) in [6.45, 7) is 4.72. The Morgan fingerprint density at radius 3 is 2.62 bits per heavy atom. The van der Waals surface area contributed by atoms with Gasteiger partial charge >= 0.3 is 0 Å². The molecule has 7 heteroatoms. The number of halogens is 1. The van der Waals surface area contributed by atoms with E-state index in [1.54, 1.807) is 6.20 Å². The summed E-state index contributed by atoms with van der Waals surface area (Å²) >= 11 is 6.33. The zero-order valence-electron chi connectivity index (χ0n) is 12.7. The molecule has 0 aliphatic rings. The van der Waals surface area contributed by atoms with Gasteiger partial charge in [-0.15, -0.1) is 11.6 Å². The van der Waals surface area contributed by atoms with Gasteiger partial charge in [0.05, 0.1) is 23.3 Å². The maximum atomic E-state index is 6.33. The fourth-order valence-electron chi connectivity index (χ4n) is 2.67. The molecule has 0 saturated heterocycles. The van der Waals surface area contributed by atoms with Crippen molar-refractivity contribution in [3.8, 4) is 0 Å². The number of alkyl halides is 1. The quantitative estimate of drug-likeness (QED) is 0.696. The molecule has 3 heterocycles. The van der Waals surface area contributed by atoms with E-state index in [1.807, 2.05) is 36.4 Å². The highest BCUT2D eigenvalue weighted by molar-refractivity contribution is 6.20. The third kappa shape index (κ3) is 2.23. The summed E-state index contributed by atoms with van der Waals surface area (Å²) in [5, 5.41) is 8.61. The first-order valence-electron chi connectivity index (χ1n) is 7.05. The van der Waals surface area contributed by atoms with Crippen LogP contribution in [0, 0.1) is 0 Å². The van der Waals surface area contributed by atoms with Crippen molar-refractivity contribution in [3.05, 3.63) is 29.5 Å². The highest BCUT2D eigenvalue weighted by Gasteiger charge is 2.21. The molecule has 3 rings (SSSR count). The third-order valence-electron chi connectivity index (χ3n) is 3.75. The van der Waals surface area contributed by atoms with E-state index in [0.717, 1.165) is 34.8 Å². The number of fused-ring (bicyclic) bond motifs is 1. The van der Waals surface area contributed by atoms with Crippen molar-refractivity contribution < 1.29 is 0 Å². The molecule has 0 saturated carbocycles. The van der Waals surface area contributed by atoms with Gasteiger partial charge in [0.25, 0.3) is 0 Å². The van der Waals surface area contributed by atoms with Crippen LogP contribution in [-0.4, -0.2) is 29.1 Å². The SMILES string of the molecule is CCc1nn(C)c2c1nc(C(C)Cl)n2Cc1ccnn1C. The monoisotopic (exact) mass is 306 g/mol. The molecule has 0 spiro atoms. The van der Waals surface area contributed by atoms with Crippen LogP contribution in [0.1, 0.15) is 36.4 Å². The van der Waals surface area contributed by atoms with Gasteiger partial charge in [0.2, 0.25) is 0 Å². The van der Waals surface area contributed by atoms with Crippen LogP contribution in [0.2, 0.25) is 0 Å². The third-order valence-corrected chi connectivity index (χ3v) is 3.95. The zero-order valence-corrected chi connectivity index (χ0v) is 13.5. The van der Waals surface area contributed by atoms with Crippen LogP contribution < -0.4 is 0 Å². The highest BCUT2D eigenvalue weighted by atomic mass is 35.5. The standard InChI is InChI=1S/C14H19ClN6/c1-5-11-12-14(20(4)18-11)21(13(17-12)9(2)15)8-10-6-7-16-19(10)3/h6-7,9H,5,8H2,1-4H3. The summed E-state index contributed by atoms with van der Waals surface area (Å²) in [4.78, 5) is 4.73. The van der Waals surface area contributed by atoms with Crippen molar-refractivity contribution >= 4 is 22.8 Å². The molecule has 0 amide bonds. The fraction of sp³-hybridized carbons (Fsp3) is 0.500. The van der Waals surface area contributed by atoms with E-state index in [9.17, 15) is 0 Å². The summed E-state index contributed by atoms with van der Waals surface area (Å²) < 4.78 is 5.89. The first-order chi connectivity index (χ1) is 10.0. The molecule has 0 fully saturated rings. The second-order valence-electron chi connectivity index (χ2n) is 5.21.